The maximum Gasteiger partial charge on any atom is 0.272 e. The van der Waals surface area contributed by atoms with Gasteiger partial charge in [-0.3, -0.25) is 29.0 Å². The third-order valence-electron chi connectivity index (χ3n) is 10.3. The minimum Gasteiger partial charge on any atom is -0.381 e. The van der Waals surface area contributed by atoms with Gasteiger partial charge in [0.25, 0.3) is 11.8 Å². The largest absolute Gasteiger partial charge is 0.381 e. The van der Waals surface area contributed by atoms with Crippen LogP contribution < -0.4 is 21.3 Å². The number of carbonyl (C=O) groups excluding carboxylic acids is 5. The van der Waals surface area contributed by atoms with Crippen LogP contribution in [0, 0.1) is 11.3 Å². The van der Waals surface area contributed by atoms with Crippen LogP contribution in [0.4, 0.5) is 0 Å². The Morgan fingerprint density at radius 2 is 1.67 bits per heavy atom. The zero-order valence-electron chi connectivity index (χ0n) is 30.3. The van der Waals surface area contributed by atoms with Crippen LogP contribution in [0.5, 0.6) is 0 Å². The highest BCUT2D eigenvalue weighted by atomic mass is 32.2. The first-order valence-corrected chi connectivity index (χ1v) is 20.5. The van der Waals surface area contributed by atoms with E-state index < -0.39 is 59.3 Å². The highest BCUT2D eigenvalue weighted by Gasteiger charge is 2.53. The first-order valence-electron chi connectivity index (χ1n) is 18.6. The first-order chi connectivity index (χ1) is 24.3. The van der Waals surface area contributed by atoms with Crippen LogP contribution in [0.25, 0.3) is 0 Å². The van der Waals surface area contributed by atoms with Gasteiger partial charge >= 0.3 is 0 Å². The van der Waals surface area contributed by atoms with E-state index >= 15 is 0 Å². The molecule has 2 unspecified atom stereocenters. The van der Waals surface area contributed by atoms with Crippen molar-refractivity contribution in [3.05, 3.63) is 24.3 Å². The molecule has 5 rings (SSSR count). The quantitative estimate of drug-likeness (QED) is 0.201. The fourth-order valence-electron chi connectivity index (χ4n) is 7.27. The SMILES string of the molecule is CCCC(NC(=O)[C@@H]1CC2(CN1C(=O)[C@@H](NC(=O)[C@@H](NC(=O)c1cnccn1)C1CCCCC1)C(C)(C)C)SCCCS2)C(O)C(=O)NC1CC1. The third-order valence-corrected chi connectivity index (χ3v) is 13.6. The lowest BCUT2D eigenvalue weighted by Gasteiger charge is -2.38. The lowest BCUT2D eigenvalue weighted by Crippen LogP contribution is -2.62. The molecule has 0 aromatic carbocycles. The number of nitrogens with one attached hydrogen (secondary N) is 4. The fourth-order valence-corrected chi connectivity index (χ4v) is 10.6. The molecule has 1 aromatic rings. The van der Waals surface area contributed by atoms with E-state index in [9.17, 15) is 29.1 Å². The normalized spacial score (nSPS) is 23.1. The zero-order chi connectivity index (χ0) is 36.8. The van der Waals surface area contributed by atoms with Crippen LogP contribution in [0.3, 0.4) is 0 Å². The molecule has 3 heterocycles. The molecule has 5 amide bonds. The molecule has 2 aliphatic heterocycles. The lowest BCUT2D eigenvalue weighted by atomic mass is 9.82. The summed E-state index contributed by atoms with van der Waals surface area (Å²) in [5.74, 6) is -0.535. The summed E-state index contributed by atoms with van der Waals surface area (Å²) in [7, 11) is 0. The molecule has 2 saturated heterocycles. The van der Waals surface area contributed by atoms with E-state index in [0.717, 1.165) is 62.9 Å². The molecule has 2 saturated carbocycles. The van der Waals surface area contributed by atoms with Crippen molar-refractivity contribution in [1.82, 2.24) is 36.1 Å². The van der Waals surface area contributed by atoms with Gasteiger partial charge < -0.3 is 31.3 Å². The highest BCUT2D eigenvalue weighted by Crippen LogP contribution is 2.50. The Hall–Kier alpha value is -2.91. The van der Waals surface area contributed by atoms with Crippen LogP contribution in [0.1, 0.15) is 109 Å². The molecule has 1 spiro atoms. The molecule has 5 atom stereocenters. The van der Waals surface area contributed by atoms with Crippen molar-refractivity contribution in [2.45, 2.75) is 139 Å². The van der Waals surface area contributed by atoms with E-state index in [1.54, 1.807) is 28.4 Å². The Kier molecular flexibility index (Phi) is 13.3. The van der Waals surface area contributed by atoms with Crippen molar-refractivity contribution in [2.75, 3.05) is 18.1 Å². The van der Waals surface area contributed by atoms with Gasteiger partial charge in [0.2, 0.25) is 17.7 Å². The topological polar surface area (TPSA) is 183 Å². The minimum atomic E-state index is -1.41. The van der Waals surface area contributed by atoms with Gasteiger partial charge in [0.05, 0.1) is 16.3 Å². The number of amides is 5. The van der Waals surface area contributed by atoms with Gasteiger partial charge in [-0.15, -0.1) is 23.5 Å². The molecular weight excluding hydrogens is 691 g/mol. The zero-order valence-corrected chi connectivity index (χ0v) is 32.0. The van der Waals surface area contributed by atoms with Gasteiger partial charge in [0.1, 0.15) is 23.8 Å². The lowest BCUT2D eigenvalue weighted by molar-refractivity contribution is -0.145. The van der Waals surface area contributed by atoms with Gasteiger partial charge in [0.15, 0.2) is 6.10 Å². The molecule has 4 fully saturated rings. The average Bonchev–Trinajstić information content (AvgIpc) is 3.87. The molecule has 13 nitrogen and oxygen atoms in total. The Bertz CT molecular complexity index is 1400. The van der Waals surface area contributed by atoms with Crippen molar-refractivity contribution in [2.24, 2.45) is 11.3 Å². The number of aromatic nitrogens is 2. The van der Waals surface area contributed by atoms with Crippen LogP contribution in [0.2, 0.25) is 0 Å². The number of rotatable bonds is 13. The molecule has 15 heteroatoms. The van der Waals surface area contributed by atoms with Crippen LogP contribution >= 0.6 is 23.5 Å². The van der Waals surface area contributed by atoms with Crippen molar-refractivity contribution in [1.29, 1.82) is 0 Å². The van der Waals surface area contributed by atoms with E-state index in [4.69, 9.17) is 0 Å². The minimum absolute atomic E-state index is 0.0656. The summed E-state index contributed by atoms with van der Waals surface area (Å²) >= 11 is 3.52. The Balaban J connectivity index is 1.38. The predicted octanol–water partition coefficient (Wildman–Crippen LogP) is 2.78. The molecular formula is C36H55N7O6S2. The number of likely N-dealkylation sites (tertiary alicyclic amines) is 1. The van der Waals surface area contributed by atoms with Gasteiger partial charge in [-0.25, -0.2) is 4.98 Å². The van der Waals surface area contributed by atoms with E-state index in [2.05, 4.69) is 31.2 Å². The summed E-state index contributed by atoms with van der Waals surface area (Å²) < 4.78 is -0.389. The second-order valence-corrected chi connectivity index (χ2v) is 18.7. The van der Waals surface area contributed by atoms with E-state index in [0.29, 0.717) is 25.8 Å². The van der Waals surface area contributed by atoms with E-state index in [-0.39, 0.29) is 27.6 Å². The number of hydrogen-bond acceptors (Lipinski definition) is 10. The van der Waals surface area contributed by atoms with E-state index in [1.807, 2.05) is 27.7 Å². The molecule has 0 radical (unpaired) electrons. The summed E-state index contributed by atoms with van der Waals surface area (Å²) in [5.41, 5.74) is -0.644. The average molecular weight is 746 g/mol. The number of carbonyl (C=O) groups is 5. The predicted molar refractivity (Wildman–Crippen MR) is 198 cm³/mol. The summed E-state index contributed by atoms with van der Waals surface area (Å²) in [5, 5.41) is 22.7. The first kappa shape index (κ1) is 39.3. The summed E-state index contributed by atoms with van der Waals surface area (Å²) in [6.07, 6.45) is 11.5. The smallest absolute Gasteiger partial charge is 0.272 e. The standard InChI is InChI=1S/C36H55N7O6S2/c1-5-10-24(28(44)33(48)39-23-13-14-23)40-31(46)26-19-36(50-17-9-18-51-36)21-43(26)34(49)29(35(2,3)4)42-32(47)27(22-11-7-6-8-12-22)41-30(45)25-20-37-15-16-38-25/h15-16,20,22-24,26-29,44H,5-14,17-19,21H2,1-4H3,(H,39,48)(H,40,46)(H,41,45)(H,42,47)/t24?,26-,27-,28?,29+/m0/s1. The number of aliphatic hydroxyl groups is 1. The molecule has 5 N–H and O–H groups in total. The summed E-state index contributed by atoms with van der Waals surface area (Å²) in [6.45, 7) is 7.87. The number of hydrogen-bond donors (Lipinski definition) is 5. The van der Waals surface area contributed by atoms with Gasteiger partial charge in [0, 0.05) is 31.4 Å². The van der Waals surface area contributed by atoms with Crippen molar-refractivity contribution < 1.29 is 29.1 Å². The molecule has 4 aliphatic rings. The molecule has 1 aromatic heterocycles. The highest BCUT2D eigenvalue weighted by molar-refractivity contribution is 8.18. The number of thioether (sulfide) groups is 2. The maximum absolute atomic E-state index is 14.8. The molecule has 2 aliphatic carbocycles. The van der Waals surface area contributed by atoms with Gasteiger partial charge in [-0.2, -0.15) is 0 Å². The number of aliphatic hydroxyl groups excluding tert-OH is 1. The molecule has 51 heavy (non-hydrogen) atoms. The summed E-state index contributed by atoms with van der Waals surface area (Å²) in [6, 6.07) is -3.50. The number of nitrogens with zero attached hydrogens (tertiary/aromatic N) is 3. The Labute approximate surface area is 309 Å². The molecule has 0 bridgehead atoms. The monoisotopic (exact) mass is 745 g/mol. The van der Waals surface area contributed by atoms with Crippen molar-refractivity contribution in [3.8, 4) is 0 Å². The Morgan fingerprint density at radius 1 is 0.961 bits per heavy atom. The van der Waals surface area contributed by atoms with Crippen LogP contribution in [-0.2, 0) is 19.2 Å². The van der Waals surface area contributed by atoms with Crippen LogP contribution in [-0.4, -0.2) is 108 Å². The van der Waals surface area contributed by atoms with Crippen molar-refractivity contribution in [3.63, 3.8) is 0 Å². The summed E-state index contributed by atoms with van der Waals surface area (Å²) in [4.78, 5) is 78.9. The molecule has 282 valence electrons. The fraction of sp³-hybridized carbons (Fsp3) is 0.750. The Morgan fingerprint density at radius 3 is 2.27 bits per heavy atom. The van der Waals surface area contributed by atoms with E-state index in [1.165, 1.54) is 18.6 Å². The van der Waals surface area contributed by atoms with Crippen LogP contribution in [0.15, 0.2) is 18.6 Å². The third kappa shape index (κ3) is 10.2. The van der Waals surface area contributed by atoms with Gasteiger partial charge in [-0.1, -0.05) is 53.4 Å². The second-order valence-electron chi connectivity index (χ2n) is 15.5. The second kappa shape index (κ2) is 17.3. The maximum atomic E-state index is 14.8. The van der Waals surface area contributed by atoms with Crippen molar-refractivity contribution >= 4 is 53.1 Å². The van der Waals surface area contributed by atoms with Gasteiger partial charge in [-0.05, 0) is 61.4 Å².